The fourth-order valence-corrected chi connectivity index (χ4v) is 0.338. The zero-order valence-corrected chi connectivity index (χ0v) is 4.82. The van der Waals surface area contributed by atoms with Crippen molar-refractivity contribution in [2.75, 3.05) is 0 Å². The summed E-state index contributed by atoms with van der Waals surface area (Å²) in [5, 5.41) is 16.6. The summed E-state index contributed by atoms with van der Waals surface area (Å²) in [4.78, 5) is 10.0. The molecule has 0 aliphatic rings. The number of hydrogen-bond acceptors (Lipinski definition) is 4. The molecular formula is C4H10N2O3. The summed E-state index contributed by atoms with van der Waals surface area (Å²) < 4.78 is 0. The first-order valence-electron chi connectivity index (χ1n) is 2.44. The molecule has 0 rings (SSSR count). The second-order valence-electron chi connectivity index (χ2n) is 1.75. The number of aliphatic hydroxyl groups excluding tert-OH is 1. The molecule has 54 valence electrons. The van der Waals surface area contributed by atoms with Crippen LogP contribution in [-0.4, -0.2) is 28.5 Å². The zero-order valence-electron chi connectivity index (χ0n) is 4.82. The Balaban J connectivity index is 3.50. The highest BCUT2D eigenvalue weighted by Crippen LogP contribution is 1.89. The highest BCUT2D eigenvalue weighted by molar-refractivity contribution is 5.74. The number of rotatable bonds is 3. The molecule has 0 aromatic rings. The Labute approximate surface area is 52.3 Å². The Kier molecular flexibility index (Phi) is 3.15. The van der Waals surface area contributed by atoms with E-state index in [1.165, 1.54) is 0 Å². The molecule has 0 aliphatic heterocycles. The zero-order chi connectivity index (χ0) is 7.44. The number of primary amides is 1. The summed E-state index contributed by atoms with van der Waals surface area (Å²) in [6.07, 6.45) is -1.88. The van der Waals surface area contributed by atoms with Crippen LogP contribution >= 0.6 is 0 Å². The Morgan fingerprint density at radius 1 is 1.56 bits per heavy atom. The number of aliphatic hydroxyl groups is 2. The summed E-state index contributed by atoms with van der Waals surface area (Å²) in [6.45, 7) is 0. The van der Waals surface area contributed by atoms with Crippen molar-refractivity contribution in [2.24, 2.45) is 11.5 Å². The topological polar surface area (TPSA) is 110 Å². The molecule has 6 N–H and O–H groups in total. The van der Waals surface area contributed by atoms with E-state index in [4.69, 9.17) is 15.9 Å². The van der Waals surface area contributed by atoms with Crippen molar-refractivity contribution in [1.29, 1.82) is 0 Å². The summed E-state index contributed by atoms with van der Waals surface area (Å²) in [5.74, 6) is -0.643. The van der Waals surface area contributed by atoms with E-state index in [0.717, 1.165) is 0 Å². The molecule has 0 aliphatic carbocycles. The first kappa shape index (κ1) is 8.35. The van der Waals surface area contributed by atoms with E-state index >= 15 is 0 Å². The maximum absolute atomic E-state index is 10.0. The van der Waals surface area contributed by atoms with Crippen LogP contribution in [0.1, 0.15) is 6.42 Å². The van der Waals surface area contributed by atoms with Gasteiger partial charge in [0.2, 0.25) is 5.91 Å². The van der Waals surface area contributed by atoms with Crippen LogP contribution in [0.15, 0.2) is 0 Å². The Bertz CT molecular complexity index is 104. The van der Waals surface area contributed by atoms with Gasteiger partial charge in [0.05, 0.1) is 6.04 Å². The third-order valence-electron chi connectivity index (χ3n) is 0.820. The fraction of sp³-hybridized carbons (Fsp3) is 0.750. The lowest BCUT2D eigenvalue weighted by molar-refractivity contribution is -0.121. The summed E-state index contributed by atoms with van der Waals surface area (Å²) in [6, 6.07) is -0.970. The molecule has 9 heavy (non-hydrogen) atoms. The lowest BCUT2D eigenvalue weighted by Crippen LogP contribution is -2.38. The smallest absolute Gasteiger partial charge is 0.219 e. The van der Waals surface area contributed by atoms with Crippen molar-refractivity contribution in [3.05, 3.63) is 0 Å². The van der Waals surface area contributed by atoms with Gasteiger partial charge in [-0.05, 0) is 0 Å². The number of carbonyl (C=O) groups is 1. The van der Waals surface area contributed by atoms with Crippen molar-refractivity contribution in [2.45, 2.75) is 18.8 Å². The van der Waals surface area contributed by atoms with Crippen LogP contribution in [0.5, 0.6) is 0 Å². The van der Waals surface area contributed by atoms with Crippen molar-refractivity contribution in [3.8, 4) is 0 Å². The van der Waals surface area contributed by atoms with E-state index in [9.17, 15) is 4.79 Å². The van der Waals surface area contributed by atoms with Gasteiger partial charge in [0.15, 0.2) is 6.29 Å². The van der Waals surface area contributed by atoms with Crippen LogP contribution in [0.4, 0.5) is 0 Å². The highest BCUT2D eigenvalue weighted by atomic mass is 16.5. The number of hydrogen-bond donors (Lipinski definition) is 4. The number of carbonyl (C=O) groups excluding carboxylic acids is 1. The SMILES string of the molecule is NC(=O)C[C@H](N)C(O)O. The van der Waals surface area contributed by atoms with E-state index in [-0.39, 0.29) is 6.42 Å². The Hall–Kier alpha value is -0.650. The molecule has 0 bridgehead atoms. The normalized spacial score (nSPS) is 13.8. The van der Waals surface area contributed by atoms with Gasteiger partial charge in [0.25, 0.3) is 0 Å². The predicted molar refractivity (Wildman–Crippen MR) is 30.0 cm³/mol. The molecule has 0 aromatic carbocycles. The second kappa shape index (κ2) is 3.39. The third kappa shape index (κ3) is 3.89. The average molecular weight is 134 g/mol. The van der Waals surface area contributed by atoms with Gasteiger partial charge in [-0.2, -0.15) is 0 Å². The van der Waals surface area contributed by atoms with E-state index in [0.29, 0.717) is 0 Å². The third-order valence-corrected chi connectivity index (χ3v) is 0.820. The highest BCUT2D eigenvalue weighted by Gasteiger charge is 2.12. The van der Waals surface area contributed by atoms with Gasteiger partial charge < -0.3 is 21.7 Å². The van der Waals surface area contributed by atoms with Crippen LogP contribution < -0.4 is 11.5 Å². The quantitative estimate of drug-likeness (QED) is 0.320. The van der Waals surface area contributed by atoms with Gasteiger partial charge >= 0.3 is 0 Å². The minimum atomic E-state index is -1.67. The van der Waals surface area contributed by atoms with Gasteiger partial charge in [0.1, 0.15) is 0 Å². The largest absolute Gasteiger partial charge is 0.370 e. The summed E-state index contributed by atoms with van der Waals surface area (Å²) >= 11 is 0. The molecule has 0 radical (unpaired) electrons. The van der Waals surface area contributed by atoms with Crippen molar-refractivity contribution in [1.82, 2.24) is 0 Å². The van der Waals surface area contributed by atoms with Gasteiger partial charge in [-0.3, -0.25) is 4.79 Å². The molecule has 5 heteroatoms. The van der Waals surface area contributed by atoms with Gasteiger partial charge in [-0.1, -0.05) is 0 Å². The van der Waals surface area contributed by atoms with E-state index < -0.39 is 18.2 Å². The van der Waals surface area contributed by atoms with Crippen LogP contribution in [0.25, 0.3) is 0 Å². The molecule has 0 aromatic heterocycles. The number of nitrogens with two attached hydrogens (primary N) is 2. The molecular weight excluding hydrogens is 124 g/mol. The van der Waals surface area contributed by atoms with Crippen LogP contribution in [0, 0.1) is 0 Å². The average Bonchev–Trinajstić information content (AvgIpc) is 1.63. The minimum Gasteiger partial charge on any atom is -0.370 e. The molecule has 5 nitrogen and oxygen atoms in total. The van der Waals surface area contributed by atoms with Gasteiger partial charge in [-0.15, -0.1) is 0 Å². The Morgan fingerprint density at radius 2 is 2.00 bits per heavy atom. The van der Waals surface area contributed by atoms with Crippen LogP contribution in [0.3, 0.4) is 0 Å². The maximum Gasteiger partial charge on any atom is 0.219 e. The molecule has 0 heterocycles. The predicted octanol–water partition coefficient (Wildman–Crippen LogP) is -2.50. The lowest BCUT2D eigenvalue weighted by Gasteiger charge is -2.09. The molecule has 0 saturated carbocycles. The summed E-state index contributed by atoms with van der Waals surface area (Å²) in [7, 11) is 0. The van der Waals surface area contributed by atoms with Crippen molar-refractivity contribution >= 4 is 5.91 Å². The van der Waals surface area contributed by atoms with Crippen molar-refractivity contribution in [3.63, 3.8) is 0 Å². The molecule has 0 spiro atoms. The molecule has 1 atom stereocenters. The van der Waals surface area contributed by atoms with E-state index in [2.05, 4.69) is 5.73 Å². The second-order valence-corrected chi connectivity index (χ2v) is 1.75. The Morgan fingerprint density at radius 3 is 2.11 bits per heavy atom. The van der Waals surface area contributed by atoms with E-state index in [1.54, 1.807) is 0 Å². The maximum atomic E-state index is 10.0. The molecule has 0 unspecified atom stereocenters. The van der Waals surface area contributed by atoms with Crippen LogP contribution in [-0.2, 0) is 4.79 Å². The fourth-order valence-electron chi connectivity index (χ4n) is 0.338. The van der Waals surface area contributed by atoms with Gasteiger partial charge in [0, 0.05) is 6.42 Å². The monoisotopic (exact) mass is 134 g/mol. The molecule has 1 amide bonds. The molecule has 0 fully saturated rings. The van der Waals surface area contributed by atoms with E-state index in [1.807, 2.05) is 0 Å². The first-order valence-corrected chi connectivity index (χ1v) is 2.44. The van der Waals surface area contributed by atoms with Crippen molar-refractivity contribution < 1.29 is 15.0 Å². The number of amides is 1. The van der Waals surface area contributed by atoms with Crippen LogP contribution in [0.2, 0.25) is 0 Å². The summed E-state index contributed by atoms with van der Waals surface area (Å²) in [5.41, 5.74) is 9.71. The minimum absolute atomic E-state index is 0.211. The van der Waals surface area contributed by atoms with Gasteiger partial charge in [-0.25, -0.2) is 0 Å². The lowest BCUT2D eigenvalue weighted by atomic mass is 10.2. The molecule has 0 saturated heterocycles. The first-order chi connectivity index (χ1) is 4.04. The standard InChI is InChI=1S/C4H10N2O3/c5-2(4(8)9)1-3(6)7/h2,4,8-9H,1,5H2,(H2,6,7)/t2-/m0/s1.